The van der Waals surface area contributed by atoms with Crippen LogP contribution < -0.4 is 10.2 Å². The van der Waals surface area contributed by atoms with Gasteiger partial charge >= 0.3 is 0 Å². The van der Waals surface area contributed by atoms with Gasteiger partial charge in [-0.25, -0.2) is 0 Å². The molecular formula is C25H37N5O4. The van der Waals surface area contributed by atoms with E-state index in [1.165, 1.54) is 25.7 Å². The number of ether oxygens (including phenoxy) is 1. The number of amides is 1. The van der Waals surface area contributed by atoms with Crippen LogP contribution in [0.15, 0.2) is 18.2 Å². The number of carbonyl (C=O) groups is 1. The van der Waals surface area contributed by atoms with Gasteiger partial charge in [0.05, 0.1) is 30.1 Å². The highest BCUT2D eigenvalue weighted by Crippen LogP contribution is 2.39. The van der Waals surface area contributed by atoms with E-state index in [1.54, 1.807) is 12.1 Å². The zero-order chi connectivity index (χ0) is 23.5. The van der Waals surface area contributed by atoms with Crippen molar-refractivity contribution in [2.75, 3.05) is 63.9 Å². The Kier molecular flexibility index (Phi) is 7.32. The minimum atomic E-state index is -0.342. The lowest BCUT2D eigenvalue weighted by molar-refractivity contribution is -0.384. The maximum atomic E-state index is 13.4. The number of non-ortho nitro benzene ring substituents is 1. The summed E-state index contributed by atoms with van der Waals surface area (Å²) < 4.78 is 5.41. The van der Waals surface area contributed by atoms with Crippen molar-refractivity contribution < 1.29 is 14.5 Å². The molecule has 2 saturated heterocycles. The molecule has 1 amide bonds. The molecule has 1 aliphatic carbocycles. The fraction of sp³-hybridized carbons (Fsp3) is 0.720. The van der Waals surface area contributed by atoms with E-state index < -0.39 is 0 Å². The quantitative estimate of drug-likeness (QED) is 0.370. The average molecular weight is 472 g/mol. The molecule has 2 atom stereocenters. The predicted molar refractivity (Wildman–Crippen MR) is 130 cm³/mol. The largest absolute Gasteiger partial charge is 0.379 e. The van der Waals surface area contributed by atoms with E-state index >= 15 is 0 Å². The summed E-state index contributed by atoms with van der Waals surface area (Å²) in [5.74, 6) is -0.107. The van der Waals surface area contributed by atoms with Crippen molar-refractivity contribution in [3.63, 3.8) is 0 Å². The number of hydrogen-bond acceptors (Lipinski definition) is 7. The van der Waals surface area contributed by atoms with Crippen molar-refractivity contribution in [2.24, 2.45) is 5.92 Å². The van der Waals surface area contributed by atoms with Gasteiger partial charge in [-0.15, -0.1) is 0 Å². The first kappa shape index (κ1) is 23.5. The smallest absolute Gasteiger partial charge is 0.269 e. The standard InChI is InChI=1S/C25H37N5O4/c31-25(26-8-3-9-27-12-14-34-15-13-27)22-17-19-16-21(30(32)33)6-7-23(19)29-11-10-28(18-24(22)29)20-4-1-2-5-20/h6-7,16,20,22,24H,1-5,8-15,17-18H2,(H,26,31). The molecule has 1 saturated carbocycles. The Morgan fingerprint density at radius 1 is 1.15 bits per heavy atom. The molecule has 186 valence electrons. The number of fused-ring (bicyclic) bond motifs is 3. The van der Waals surface area contributed by atoms with Crippen molar-refractivity contribution in [3.8, 4) is 0 Å². The van der Waals surface area contributed by atoms with E-state index in [9.17, 15) is 14.9 Å². The predicted octanol–water partition coefficient (Wildman–Crippen LogP) is 2.04. The van der Waals surface area contributed by atoms with Crippen LogP contribution in [0.2, 0.25) is 0 Å². The van der Waals surface area contributed by atoms with Gasteiger partial charge in [-0.3, -0.25) is 24.7 Å². The highest BCUT2D eigenvalue weighted by molar-refractivity contribution is 5.82. The van der Waals surface area contributed by atoms with E-state index in [2.05, 4.69) is 20.0 Å². The molecule has 3 aliphatic heterocycles. The Morgan fingerprint density at radius 3 is 2.71 bits per heavy atom. The molecule has 0 radical (unpaired) electrons. The van der Waals surface area contributed by atoms with Crippen LogP contribution in [0.4, 0.5) is 11.4 Å². The summed E-state index contributed by atoms with van der Waals surface area (Å²) in [5.41, 5.74) is 2.10. The maximum absolute atomic E-state index is 13.4. The number of benzene rings is 1. The molecule has 9 nitrogen and oxygen atoms in total. The molecule has 0 aromatic heterocycles. The molecule has 3 heterocycles. The number of nitrogens with one attached hydrogen (secondary N) is 1. The third-order valence-electron chi connectivity index (χ3n) is 8.17. The zero-order valence-electron chi connectivity index (χ0n) is 20.0. The normalized spacial score (nSPS) is 26.2. The average Bonchev–Trinajstić information content (AvgIpc) is 3.41. The third-order valence-corrected chi connectivity index (χ3v) is 8.17. The number of nitro groups is 1. The molecule has 3 fully saturated rings. The topological polar surface area (TPSA) is 91.2 Å². The SMILES string of the molecule is O=C(NCCCN1CCOCC1)C1Cc2cc([N+](=O)[O-])ccc2N2CCN(C3CCCC3)CC12. The summed E-state index contributed by atoms with van der Waals surface area (Å²) in [5, 5.41) is 14.6. The molecule has 1 aromatic carbocycles. The number of anilines is 1. The van der Waals surface area contributed by atoms with E-state index in [0.717, 1.165) is 70.2 Å². The summed E-state index contributed by atoms with van der Waals surface area (Å²) in [6, 6.07) is 5.92. The Labute approximate surface area is 201 Å². The molecule has 1 aromatic rings. The highest BCUT2D eigenvalue weighted by Gasteiger charge is 2.43. The lowest BCUT2D eigenvalue weighted by Gasteiger charge is -2.50. The van der Waals surface area contributed by atoms with E-state index in [-0.39, 0.29) is 28.5 Å². The Balaban J connectivity index is 1.28. The van der Waals surface area contributed by atoms with Crippen molar-refractivity contribution in [3.05, 3.63) is 33.9 Å². The lowest BCUT2D eigenvalue weighted by atomic mass is 9.82. The number of nitro benzene ring substituents is 1. The van der Waals surface area contributed by atoms with Gasteiger partial charge in [0.15, 0.2) is 0 Å². The van der Waals surface area contributed by atoms with Gasteiger partial charge < -0.3 is 15.0 Å². The summed E-state index contributed by atoms with van der Waals surface area (Å²) >= 11 is 0. The van der Waals surface area contributed by atoms with Crippen LogP contribution in [0.1, 0.15) is 37.7 Å². The number of morpholine rings is 1. The fourth-order valence-corrected chi connectivity index (χ4v) is 6.32. The first-order chi connectivity index (χ1) is 16.6. The molecule has 5 rings (SSSR count). The minimum absolute atomic E-state index is 0.0856. The molecule has 34 heavy (non-hydrogen) atoms. The maximum Gasteiger partial charge on any atom is 0.269 e. The van der Waals surface area contributed by atoms with Crippen molar-refractivity contribution in [2.45, 2.75) is 50.6 Å². The van der Waals surface area contributed by atoms with E-state index in [4.69, 9.17) is 4.74 Å². The Hall–Kier alpha value is -2.23. The lowest BCUT2D eigenvalue weighted by Crippen LogP contribution is -2.62. The van der Waals surface area contributed by atoms with Gasteiger partial charge in [0.1, 0.15) is 0 Å². The number of rotatable bonds is 7. The summed E-state index contributed by atoms with van der Waals surface area (Å²) in [6.45, 7) is 7.87. The van der Waals surface area contributed by atoms with Gasteiger partial charge in [-0.1, -0.05) is 12.8 Å². The summed E-state index contributed by atoms with van der Waals surface area (Å²) in [6.07, 6.45) is 6.60. The molecule has 4 aliphatic rings. The number of hydrogen-bond donors (Lipinski definition) is 1. The molecule has 0 bridgehead atoms. The van der Waals surface area contributed by atoms with Crippen LogP contribution in [0.25, 0.3) is 0 Å². The van der Waals surface area contributed by atoms with Gasteiger partial charge in [-0.05, 0) is 43.9 Å². The van der Waals surface area contributed by atoms with E-state index in [1.807, 2.05) is 6.07 Å². The number of nitrogens with zero attached hydrogens (tertiary/aromatic N) is 4. The summed E-state index contributed by atoms with van der Waals surface area (Å²) in [4.78, 5) is 31.8. The number of carbonyl (C=O) groups excluding carboxylic acids is 1. The molecule has 0 spiro atoms. The first-order valence-electron chi connectivity index (χ1n) is 13.0. The van der Waals surface area contributed by atoms with Gasteiger partial charge in [-0.2, -0.15) is 0 Å². The van der Waals surface area contributed by atoms with Gasteiger partial charge in [0, 0.05) is 63.1 Å². The second-order valence-corrected chi connectivity index (χ2v) is 10.2. The third kappa shape index (κ3) is 5.06. The van der Waals surface area contributed by atoms with Crippen molar-refractivity contribution in [1.29, 1.82) is 0 Å². The van der Waals surface area contributed by atoms with Crippen LogP contribution >= 0.6 is 0 Å². The van der Waals surface area contributed by atoms with Crippen molar-refractivity contribution in [1.82, 2.24) is 15.1 Å². The fourth-order valence-electron chi connectivity index (χ4n) is 6.32. The van der Waals surface area contributed by atoms with Crippen LogP contribution in [0.3, 0.4) is 0 Å². The molecule has 9 heteroatoms. The van der Waals surface area contributed by atoms with Crippen molar-refractivity contribution >= 4 is 17.3 Å². The monoisotopic (exact) mass is 471 g/mol. The van der Waals surface area contributed by atoms with Crippen LogP contribution in [0, 0.1) is 16.0 Å². The molecule has 2 unspecified atom stereocenters. The Morgan fingerprint density at radius 2 is 1.94 bits per heavy atom. The Bertz CT molecular complexity index is 884. The minimum Gasteiger partial charge on any atom is -0.379 e. The van der Waals surface area contributed by atoms with Gasteiger partial charge in [0.2, 0.25) is 5.91 Å². The molecule has 1 N–H and O–H groups in total. The number of piperazine rings is 1. The van der Waals surface area contributed by atoms with E-state index in [0.29, 0.717) is 19.0 Å². The van der Waals surface area contributed by atoms with Crippen LogP contribution in [0.5, 0.6) is 0 Å². The zero-order valence-corrected chi connectivity index (χ0v) is 20.0. The second kappa shape index (κ2) is 10.6. The van der Waals surface area contributed by atoms with Crippen LogP contribution in [-0.4, -0.2) is 91.7 Å². The van der Waals surface area contributed by atoms with Gasteiger partial charge in [0.25, 0.3) is 5.69 Å². The highest BCUT2D eigenvalue weighted by atomic mass is 16.6. The van der Waals surface area contributed by atoms with Crippen LogP contribution in [-0.2, 0) is 16.0 Å². The first-order valence-corrected chi connectivity index (χ1v) is 13.0. The second-order valence-electron chi connectivity index (χ2n) is 10.2. The summed E-state index contributed by atoms with van der Waals surface area (Å²) in [7, 11) is 0. The molecular weight excluding hydrogens is 434 g/mol.